The van der Waals surface area contributed by atoms with Crippen LogP contribution in [0.1, 0.15) is 32.3 Å². The zero-order chi connectivity index (χ0) is 16.2. The summed E-state index contributed by atoms with van der Waals surface area (Å²) < 4.78 is 18.6. The number of nitrogens with one attached hydrogen (secondary N) is 1. The zero-order valence-electron chi connectivity index (χ0n) is 13.3. The van der Waals surface area contributed by atoms with Crippen molar-refractivity contribution in [2.24, 2.45) is 11.7 Å². The highest BCUT2D eigenvalue weighted by Crippen LogP contribution is 2.23. The van der Waals surface area contributed by atoms with Gasteiger partial charge in [0.25, 0.3) is 0 Å². The number of carbonyl (C=O) groups is 1. The molecule has 1 aliphatic rings. The Kier molecular flexibility index (Phi) is 5.53. The molecule has 5 heteroatoms. The maximum Gasteiger partial charge on any atom is 0.237 e. The lowest BCUT2D eigenvalue weighted by Crippen LogP contribution is -2.49. The molecule has 1 atom stereocenters. The van der Waals surface area contributed by atoms with Crippen molar-refractivity contribution in [3.05, 3.63) is 35.6 Å². The molecule has 3 N–H and O–H groups in total. The molecule has 0 aliphatic carbocycles. The molecule has 1 aromatic rings. The molecule has 0 saturated carbocycles. The van der Waals surface area contributed by atoms with E-state index in [4.69, 9.17) is 10.5 Å². The van der Waals surface area contributed by atoms with Crippen molar-refractivity contribution in [2.75, 3.05) is 19.8 Å². The van der Waals surface area contributed by atoms with Crippen LogP contribution in [-0.4, -0.2) is 31.7 Å². The van der Waals surface area contributed by atoms with Crippen molar-refractivity contribution in [3.63, 3.8) is 0 Å². The summed E-state index contributed by atoms with van der Waals surface area (Å²) in [5, 5.41) is 2.91. The Bertz CT molecular complexity index is 513. The summed E-state index contributed by atoms with van der Waals surface area (Å²) in [6.45, 7) is 5.71. The van der Waals surface area contributed by atoms with Gasteiger partial charge in [-0.2, -0.15) is 0 Å². The number of hydrogen-bond donors (Lipinski definition) is 2. The first-order valence-electron chi connectivity index (χ1n) is 7.77. The van der Waals surface area contributed by atoms with Crippen LogP contribution in [0.3, 0.4) is 0 Å². The van der Waals surface area contributed by atoms with Gasteiger partial charge < -0.3 is 15.8 Å². The summed E-state index contributed by atoms with van der Waals surface area (Å²) in [6, 6.07) is 5.96. The Morgan fingerprint density at radius 3 is 2.77 bits per heavy atom. The molecule has 1 aliphatic heterocycles. The molecule has 1 unspecified atom stereocenters. The van der Waals surface area contributed by atoms with Crippen LogP contribution in [0.4, 0.5) is 4.39 Å². The minimum atomic E-state index is -0.507. The van der Waals surface area contributed by atoms with E-state index in [-0.39, 0.29) is 23.1 Å². The quantitative estimate of drug-likeness (QED) is 0.874. The summed E-state index contributed by atoms with van der Waals surface area (Å²) in [5.41, 5.74) is 6.56. The Hall–Kier alpha value is -1.46. The Labute approximate surface area is 131 Å². The smallest absolute Gasteiger partial charge is 0.237 e. The van der Waals surface area contributed by atoms with Crippen LogP contribution in [0, 0.1) is 11.7 Å². The van der Waals surface area contributed by atoms with Crippen LogP contribution in [0.2, 0.25) is 0 Å². The maximum atomic E-state index is 13.3. The minimum absolute atomic E-state index is 0.142. The third-order valence-corrected chi connectivity index (χ3v) is 4.39. The van der Waals surface area contributed by atoms with Crippen LogP contribution < -0.4 is 11.1 Å². The van der Waals surface area contributed by atoms with Gasteiger partial charge in [-0.15, -0.1) is 0 Å². The fourth-order valence-electron chi connectivity index (χ4n) is 2.73. The molecule has 122 valence electrons. The number of nitrogens with two attached hydrogens (primary N) is 1. The molecule has 1 fully saturated rings. The summed E-state index contributed by atoms with van der Waals surface area (Å²) in [5.74, 6) is -0.238. The van der Waals surface area contributed by atoms with Gasteiger partial charge in [0.05, 0.1) is 6.04 Å². The summed E-state index contributed by atoms with van der Waals surface area (Å²) in [4.78, 5) is 12.2. The molecular formula is C17H25FN2O2. The Balaban J connectivity index is 1.91. The second kappa shape index (κ2) is 7.20. The molecule has 1 aromatic carbocycles. The number of halogens is 1. The van der Waals surface area contributed by atoms with Gasteiger partial charge in [0, 0.05) is 25.2 Å². The molecule has 1 amide bonds. The number of rotatable bonds is 5. The molecule has 0 aromatic heterocycles. The Morgan fingerprint density at radius 1 is 1.45 bits per heavy atom. The van der Waals surface area contributed by atoms with E-state index < -0.39 is 6.04 Å². The first kappa shape index (κ1) is 16.9. The van der Waals surface area contributed by atoms with E-state index in [1.165, 1.54) is 12.1 Å². The second-order valence-corrected chi connectivity index (χ2v) is 6.59. The van der Waals surface area contributed by atoms with Gasteiger partial charge in [-0.25, -0.2) is 4.39 Å². The van der Waals surface area contributed by atoms with Crippen LogP contribution in [0.15, 0.2) is 24.3 Å². The van der Waals surface area contributed by atoms with E-state index in [2.05, 4.69) is 5.32 Å². The summed E-state index contributed by atoms with van der Waals surface area (Å²) >= 11 is 0. The van der Waals surface area contributed by atoms with E-state index in [9.17, 15) is 9.18 Å². The third-order valence-electron chi connectivity index (χ3n) is 4.39. The van der Waals surface area contributed by atoms with Crippen LogP contribution >= 0.6 is 0 Å². The van der Waals surface area contributed by atoms with Gasteiger partial charge >= 0.3 is 0 Å². The normalized spacial score (nSPS) is 18.0. The lowest BCUT2D eigenvalue weighted by atomic mass is 9.84. The number of carbonyl (C=O) groups excluding carboxylic acids is 1. The highest BCUT2D eigenvalue weighted by molar-refractivity contribution is 5.81. The van der Waals surface area contributed by atoms with Gasteiger partial charge in [-0.3, -0.25) is 4.79 Å². The molecule has 2 rings (SSSR count). The van der Waals surface area contributed by atoms with E-state index in [1.54, 1.807) is 6.07 Å². The topological polar surface area (TPSA) is 64.4 Å². The fraction of sp³-hybridized carbons (Fsp3) is 0.588. The van der Waals surface area contributed by atoms with Crippen molar-refractivity contribution < 1.29 is 13.9 Å². The average molecular weight is 308 g/mol. The maximum absolute atomic E-state index is 13.3. The fourth-order valence-corrected chi connectivity index (χ4v) is 2.73. The van der Waals surface area contributed by atoms with E-state index in [0.29, 0.717) is 19.8 Å². The first-order chi connectivity index (χ1) is 10.4. The molecule has 0 spiro atoms. The van der Waals surface area contributed by atoms with Crippen molar-refractivity contribution in [1.82, 2.24) is 5.32 Å². The molecule has 1 heterocycles. The van der Waals surface area contributed by atoms with E-state index in [0.717, 1.165) is 18.4 Å². The second-order valence-electron chi connectivity index (χ2n) is 6.59. The van der Waals surface area contributed by atoms with E-state index in [1.807, 2.05) is 19.9 Å². The molecule has 4 nitrogen and oxygen atoms in total. The van der Waals surface area contributed by atoms with Crippen LogP contribution in [-0.2, 0) is 14.9 Å². The molecular weight excluding hydrogens is 283 g/mol. The van der Waals surface area contributed by atoms with Gasteiger partial charge in [0.15, 0.2) is 0 Å². The average Bonchev–Trinajstić information content (AvgIpc) is 2.53. The van der Waals surface area contributed by atoms with E-state index >= 15 is 0 Å². The number of ether oxygens (including phenoxy) is 1. The van der Waals surface area contributed by atoms with Crippen molar-refractivity contribution in [3.8, 4) is 0 Å². The lowest BCUT2D eigenvalue weighted by Gasteiger charge is -2.29. The van der Waals surface area contributed by atoms with Crippen molar-refractivity contribution >= 4 is 5.91 Å². The summed E-state index contributed by atoms with van der Waals surface area (Å²) in [6.07, 6.45) is 1.64. The minimum Gasteiger partial charge on any atom is -0.381 e. The van der Waals surface area contributed by atoms with Crippen molar-refractivity contribution in [2.45, 2.75) is 38.1 Å². The molecule has 1 saturated heterocycles. The molecule has 22 heavy (non-hydrogen) atoms. The SMILES string of the molecule is CC(C)(CNC(=O)C(N)C1CCOCC1)c1cccc(F)c1. The monoisotopic (exact) mass is 308 g/mol. The highest BCUT2D eigenvalue weighted by atomic mass is 19.1. The standard InChI is InChI=1S/C17H25FN2O2/c1-17(2,13-4-3-5-14(18)10-13)11-20-16(21)15(19)12-6-8-22-9-7-12/h3-5,10,12,15H,6-9,11,19H2,1-2H3,(H,20,21). The van der Waals surface area contributed by atoms with Crippen LogP contribution in [0.25, 0.3) is 0 Å². The van der Waals surface area contributed by atoms with Gasteiger partial charge in [0.1, 0.15) is 5.82 Å². The van der Waals surface area contributed by atoms with Gasteiger partial charge in [-0.05, 0) is 36.5 Å². The predicted molar refractivity (Wildman–Crippen MR) is 84.0 cm³/mol. The lowest BCUT2D eigenvalue weighted by molar-refractivity contribution is -0.124. The number of hydrogen-bond acceptors (Lipinski definition) is 3. The number of benzene rings is 1. The summed E-state index contributed by atoms with van der Waals surface area (Å²) in [7, 11) is 0. The third kappa shape index (κ3) is 4.27. The Morgan fingerprint density at radius 2 is 2.14 bits per heavy atom. The first-order valence-corrected chi connectivity index (χ1v) is 7.77. The largest absolute Gasteiger partial charge is 0.381 e. The molecule has 0 bridgehead atoms. The highest BCUT2D eigenvalue weighted by Gasteiger charge is 2.28. The molecule has 0 radical (unpaired) electrons. The zero-order valence-corrected chi connectivity index (χ0v) is 13.3. The van der Waals surface area contributed by atoms with Crippen LogP contribution in [0.5, 0.6) is 0 Å². The van der Waals surface area contributed by atoms with Gasteiger partial charge in [-0.1, -0.05) is 26.0 Å². The predicted octanol–water partition coefficient (Wildman–Crippen LogP) is 1.97. The number of amides is 1. The van der Waals surface area contributed by atoms with Crippen molar-refractivity contribution in [1.29, 1.82) is 0 Å². The van der Waals surface area contributed by atoms with Gasteiger partial charge in [0.2, 0.25) is 5.91 Å².